The number of hydrogen-bond donors (Lipinski definition) is 2. The Labute approximate surface area is 189 Å². The quantitative estimate of drug-likeness (QED) is 0.714. The van der Waals surface area contributed by atoms with E-state index in [4.69, 9.17) is 4.74 Å². The van der Waals surface area contributed by atoms with E-state index in [1.165, 1.54) is 13.8 Å². The highest BCUT2D eigenvalue weighted by molar-refractivity contribution is 5.92. The number of carbonyl (C=O) groups is 3. The summed E-state index contributed by atoms with van der Waals surface area (Å²) in [6.45, 7) is 1.65. The zero-order valence-corrected chi connectivity index (χ0v) is 18.2. The fraction of sp³-hybridized carbons (Fsp3) is 0.375. The number of fused-ring (bicyclic) bond motifs is 3. The normalized spacial score (nSPS) is 19.0. The molecule has 4 rings (SSSR count). The van der Waals surface area contributed by atoms with Gasteiger partial charge in [0.25, 0.3) is 5.92 Å². The van der Waals surface area contributed by atoms with Crippen molar-refractivity contribution in [2.45, 2.75) is 43.7 Å². The zero-order chi connectivity index (χ0) is 24.0. The summed E-state index contributed by atoms with van der Waals surface area (Å²) in [5.74, 6) is -5.92. The fourth-order valence-electron chi connectivity index (χ4n) is 4.55. The van der Waals surface area contributed by atoms with Crippen LogP contribution >= 0.6 is 0 Å². The van der Waals surface area contributed by atoms with Gasteiger partial charge in [-0.15, -0.1) is 0 Å². The minimum Gasteiger partial charge on any atom is -0.480 e. The molecule has 2 N–H and O–H groups in total. The average Bonchev–Trinajstić information content (AvgIpc) is 3.25. The predicted molar refractivity (Wildman–Crippen MR) is 115 cm³/mol. The second kappa shape index (κ2) is 8.13. The number of likely N-dealkylation sites (tertiary alicyclic amines) is 1. The minimum atomic E-state index is -3.31. The molecule has 174 valence electrons. The van der Waals surface area contributed by atoms with E-state index in [2.05, 4.69) is 5.32 Å². The number of rotatable bonds is 5. The summed E-state index contributed by atoms with van der Waals surface area (Å²) in [5, 5.41) is 11.6. The number of hydrogen-bond acceptors (Lipinski definition) is 4. The number of alkyl carbamates (subject to hydrolysis) is 1. The maximum Gasteiger partial charge on any atom is 0.408 e. The van der Waals surface area contributed by atoms with Gasteiger partial charge in [-0.05, 0) is 36.1 Å². The van der Waals surface area contributed by atoms with E-state index in [-0.39, 0.29) is 12.5 Å². The second-order valence-electron chi connectivity index (χ2n) is 8.92. The Hall–Kier alpha value is -3.49. The van der Waals surface area contributed by atoms with Gasteiger partial charge in [-0.3, -0.25) is 4.79 Å². The Kier molecular flexibility index (Phi) is 5.59. The van der Waals surface area contributed by atoms with Crippen molar-refractivity contribution in [2.24, 2.45) is 0 Å². The first-order valence-corrected chi connectivity index (χ1v) is 10.5. The molecule has 0 spiro atoms. The number of nitrogens with zero attached hydrogens (tertiary/aromatic N) is 1. The van der Waals surface area contributed by atoms with E-state index in [0.29, 0.717) is 4.90 Å². The summed E-state index contributed by atoms with van der Waals surface area (Å²) in [7, 11) is 0. The number of carboxylic acid groups (broad SMARTS) is 1. The van der Waals surface area contributed by atoms with E-state index >= 15 is 0 Å². The van der Waals surface area contributed by atoms with Crippen LogP contribution in [0.4, 0.5) is 13.6 Å². The summed E-state index contributed by atoms with van der Waals surface area (Å²) in [5.41, 5.74) is 2.52. The van der Waals surface area contributed by atoms with Gasteiger partial charge in [0.15, 0.2) is 0 Å². The predicted octanol–water partition coefficient (Wildman–Crippen LogP) is 3.62. The van der Waals surface area contributed by atoms with Crippen LogP contribution in [0.25, 0.3) is 11.1 Å². The van der Waals surface area contributed by atoms with Crippen molar-refractivity contribution in [3.05, 3.63) is 59.7 Å². The van der Waals surface area contributed by atoms with E-state index in [0.717, 1.165) is 22.3 Å². The third-order valence-corrected chi connectivity index (χ3v) is 6.11. The third-order valence-electron chi connectivity index (χ3n) is 6.11. The van der Waals surface area contributed by atoms with Crippen LogP contribution in [0.1, 0.15) is 37.3 Å². The Morgan fingerprint density at radius 2 is 1.64 bits per heavy atom. The lowest BCUT2D eigenvalue weighted by molar-refractivity contribution is -0.150. The van der Waals surface area contributed by atoms with Gasteiger partial charge < -0.3 is 20.1 Å². The molecule has 1 fully saturated rings. The summed E-state index contributed by atoms with van der Waals surface area (Å²) < 4.78 is 33.0. The summed E-state index contributed by atoms with van der Waals surface area (Å²) >= 11 is 0. The molecule has 1 aliphatic heterocycles. The Balaban J connectivity index is 1.44. The van der Waals surface area contributed by atoms with E-state index in [9.17, 15) is 28.3 Å². The van der Waals surface area contributed by atoms with Crippen molar-refractivity contribution >= 4 is 18.0 Å². The maximum atomic E-state index is 13.8. The lowest BCUT2D eigenvalue weighted by Gasteiger charge is -2.31. The molecule has 2 aliphatic rings. The van der Waals surface area contributed by atoms with Crippen molar-refractivity contribution in [3.63, 3.8) is 0 Å². The highest BCUT2D eigenvalue weighted by Gasteiger charge is 2.52. The van der Waals surface area contributed by atoms with Crippen LogP contribution in [0.3, 0.4) is 0 Å². The first kappa shape index (κ1) is 22.7. The average molecular weight is 458 g/mol. The van der Waals surface area contributed by atoms with Gasteiger partial charge in [0.2, 0.25) is 5.91 Å². The lowest BCUT2D eigenvalue weighted by Crippen LogP contribution is -2.58. The van der Waals surface area contributed by atoms with Crippen molar-refractivity contribution in [3.8, 4) is 11.1 Å². The van der Waals surface area contributed by atoms with E-state index in [1.807, 2.05) is 48.5 Å². The first-order chi connectivity index (χ1) is 15.5. The molecule has 33 heavy (non-hydrogen) atoms. The number of aliphatic carboxylic acids is 1. The molecule has 0 radical (unpaired) electrons. The molecule has 9 heteroatoms. The molecule has 1 saturated heterocycles. The molecular weight excluding hydrogens is 434 g/mol. The second-order valence-corrected chi connectivity index (χ2v) is 8.92. The molecule has 1 aliphatic carbocycles. The maximum absolute atomic E-state index is 13.8. The molecule has 7 nitrogen and oxygen atoms in total. The van der Waals surface area contributed by atoms with Gasteiger partial charge in [-0.1, -0.05) is 48.5 Å². The van der Waals surface area contributed by atoms with Gasteiger partial charge in [-0.25, -0.2) is 18.4 Å². The van der Waals surface area contributed by atoms with Crippen LogP contribution in [-0.2, 0) is 14.3 Å². The molecule has 0 bridgehead atoms. The Morgan fingerprint density at radius 1 is 1.09 bits per heavy atom. The molecule has 2 aromatic rings. The number of benzene rings is 2. The molecule has 1 atom stereocenters. The fourth-order valence-corrected chi connectivity index (χ4v) is 4.55. The van der Waals surface area contributed by atoms with E-state index in [1.54, 1.807) is 0 Å². The van der Waals surface area contributed by atoms with Crippen LogP contribution in [0.15, 0.2) is 48.5 Å². The molecule has 2 aromatic carbocycles. The topological polar surface area (TPSA) is 95.9 Å². The van der Waals surface area contributed by atoms with Gasteiger partial charge in [-0.2, -0.15) is 0 Å². The largest absolute Gasteiger partial charge is 0.480 e. The highest BCUT2D eigenvalue weighted by Crippen LogP contribution is 2.44. The molecule has 2 amide bonds. The van der Waals surface area contributed by atoms with Crippen LogP contribution in [0.2, 0.25) is 0 Å². The van der Waals surface area contributed by atoms with Gasteiger partial charge in [0.05, 0.1) is 6.54 Å². The molecule has 0 unspecified atom stereocenters. The standard InChI is InChI=1S/C24H24F2N2O5/c1-23(2,21(31)28-13-24(25,26)11-19(28)20(29)30)27-22(32)33-12-18-16-9-5-3-7-14(16)15-8-4-6-10-17(15)18/h3-10,18-19H,11-13H2,1-2H3,(H,27,32)(H,29,30)/t19-/m0/s1. The Bertz CT molecular complexity index is 1070. The van der Waals surface area contributed by atoms with Gasteiger partial charge in [0.1, 0.15) is 18.2 Å². The van der Waals surface area contributed by atoms with Crippen molar-refractivity contribution in [2.75, 3.05) is 13.2 Å². The summed E-state index contributed by atoms with van der Waals surface area (Å²) in [4.78, 5) is 37.4. The highest BCUT2D eigenvalue weighted by atomic mass is 19.3. The van der Waals surface area contributed by atoms with Crippen LogP contribution in [0, 0.1) is 0 Å². The molecule has 1 heterocycles. The number of alkyl halides is 2. The van der Waals surface area contributed by atoms with Crippen LogP contribution in [0.5, 0.6) is 0 Å². The Morgan fingerprint density at radius 3 is 2.18 bits per heavy atom. The summed E-state index contributed by atoms with van der Waals surface area (Å²) in [6, 6.07) is 14.0. The number of halogens is 2. The van der Waals surface area contributed by atoms with Crippen LogP contribution in [-0.4, -0.2) is 58.6 Å². The van der Waals surface area contributed by atoms with Gasteiger partial charge in [0, 0.05) is 12.3 Å². The number of nitrogens with one attached hydrogen (secondary N) is 1. The van der Waals surface area contributed by atoms with Crippen molar-refractivity contribution < 1.29 is 33.0 Å². The minimum absolute atomic E-state index is 0.0175. The molecule has 0 saturated carbocycles. The van der Waals surface area contributed by atoms with Crippen LogP contribution < -0.4 is 5.32 Å². The first-order valence-electron chi connectivity index (χ1n) is 10.5. The SMILES string of the molecule is CC(C)(NC(=O)OCC1c2ccccc2-c2ccccc21)C(=O)N1CC(F)(F)C[C@H]1C(=O)O. The number of amides is 2. The number of carbonyl (C=O) groups excluding carboxylic acids is 2. The number of carboxylic acids is 1. The monoisotopic (exact) mass is 458 g/mol. The van der Waals surface area contributed by atoms with Gasteiger partial charge >= 0.3 is 12.1 Å². The van der Waals surface area contributed by atoms with Crippen molar-refractivity contribution in [1.29, 1.82) is 0 Å². The summed E-state index contributed by atoms with van der Waals surface area (Å²) in [6.07, 6.45) is -1.86. The number of ether oxygens (including phenoxy) is 1. The lowest BCUT2D eigenvalue weighted by atomic mass is 9.98. The zero-order valence-electron chi connectivity index (χ0n) is 18.2. The van der Waals surface area contributed by atoms with Crippen molar-refractivity contribution in [1.82, 2.24) is 10.2 Å². The molecular formula is C24H24F2N2O5. The smallest absolute Gasteiger partial charge is 0.408 e. The third kappa shape index (κ3) is 4.27. The van der Waals surface area contributed by atoms with E-state index < -0.39 is 48.4 Å². The molecule has 0 aromatic heterocycles.